The minimum atomic E-state index is -0.920. The van der Waals surface area contributed by atoms with Gasteiger partial charge in [-0.1, -0.05) is 0 Å². The third-order valence-corrected chi connectivity index (χ3v) is 3.45. The molecule has 0 aromatic carbocycles. The largest absolute Gasteiger partial charge is 0.481 e. The minimum Gasteiger partial charge on any atom is -0.481 e. The lowest BCUT2D eigenvalue weighted by molar-refractivity contribution is -0.145. The van der Waals surface area contributed by atoms with Gasteiger partial charge in [0.2, 0.25) is 0 Å². The number of carbonyl (C=O) groups excluding carboxylic acids is 1. The molecular weight excluding hydrogens is 276 g/mol. The molecule has 0 aliphatic carbocycles. The zero-order valence-electron chi connectivity index (χ0n) is 13.4. The van der Waals surface area contributed by atoms with E-state index < -0.39 is 29.3 Å². The average Bonchev–Trinajstić information content (AvgIpc) is 2.18. The summed E-state index contributed by atoms with van der Waals surface area (Å²) in [6.07, 6.45) is -1.07. The summed E-state index contributed by atoms with van der Waals surface area (Å²) in [6.45, 7) is 7.94. The molecule has 1 atom stereocenters. The summed E-state index contributed by atoms with van der Waals surface area (Å²) < 4.78 is 5.27. The molecule has 1 amide bonds. The van der Waals surface area contributed by atoms with E-state index in [1.54, 1.807) is 34.7 Å². The Kier molecular flexibility index (Phi) is 5.22. The number of likely N-dealkylation sites (N-methyl/N-ethyl adjacent to an activating group) is 1. The average molecular weight is 302 g/mol. The molecule has 1 aliphatic rings. The zero-order chi connectivity index (χ0) is 16.4. The molecule has 0 spiro atoms. The number of nitrogens with zero attached hydrogens (tertiary/aromatic N) is 2. The molecule has 21 heavy (non-hydrogen) atoms. The maximum Gasteiger partial charge on any atom is 0.410 e. The van der Waals surface area contributed by atoms with Crippen LogP contribution < -0.4 is 0 Å². The van der Waals surface area contributed by atoms with Crippen LogP contribution in [0.4, 0.5) is 4.79 Å². The van der Waals surface area contributed by atoms with E-state index in [-0.39, 0.29) is 19.5 Å². The Hall–Kier alpha value is -1.34. The van der Waals surface area contributed by atoms with Gasteiger partial charge in [0, 0.05) is 19.6 Å². The highest BCUT2D eigenvalue weighted by Crippen LogP contribution is 2.32. The van der Waals surface area contributed by atoms with Crippen molar-refractivity contribution in [2.24, 2.45) is 0 Å². The Morgan fingerprint density at radius 2 is 1.90 bits per heavy atom. The highest BCUT2D eigenvalue weighted by atomic mass is 16.6. The summed E-state index contributed by atoms with van der Waals surface area (Å²) in [5.74, 6) is -0.920. The van der Waals surface area contributed by atoms with Crippen LogP contribution in [0.15, 0.2) is 0 Å². The number of hydrogen-bond donors (Lipinski definition) is 2. The molecule has 0 bridgehead atoms. The number of carbonyl (C=O) groups is 2. The molecule has 122 valence electrons. The van der Waals surface area contributed by atoms with Crippen LogP contribution in [-0.4, -0.2) is 76.0 Å². The molecule has 2 N–H and O–H groups in total. The third kappa shape index (κ3) is 4.86. The molecule has 7 nitrogen and oxygen atoms in total. The van der Waals surface area contributed by atoms with Crippen LogP contribution in [-0.2, 0) is 9.53 Å². The molecule has 1 heterocycles. The van der Waals surface area contributed by atoms with Crippen molar-refractivity contribution >= 4 is 12.1 Å². The number of aliphatic hydroxyl groups excluding tert-OH is 1. The third-order valence-electron chi connectivity index (χ3n) is 3.45. The molecule has 7 heteroatoms. The second-order valence-corrected chi connectivity index (χ2v) is 6.86. The van der Waals surface area contributed by atoms with Crippen LogP contribution in [0.5, 0.6) is 0 Å². The number of aliphatic carboxylic acids is 1. The summed E-state index contributed by atoms with van der Waals surface area (Å²) in [5.41, 5.74) is -1.21. The fourth-order valence-corrected chi connectivity index (χ4v) is 2.48. The number of carboxylic acid groups (broad SMARTS) is 1. The van der Waals surface area contributed by atoms with E-state index in [4.69, 9.17) is 9.84 Å². The first kappa shape index (κ1) is 17.7. The second kappa shape index (κ2) is 6.19. The van der Waals surface area contributed by atoms with Gasteiger partial charge >= 0.3 is 12.1 Å². The fraction of sp³-hybridized carbons (Fsp3) is 0.857. The van der Waals surface area contributed by atoms with Gasteiger partial charge in [0.15, 0.2) is 0 Å². The van der Waals surface area contributed by atoms with Crippen molar-refractivity contribution < 1.29 is 24.5 Å². The van der Waals surface area contributed by atoms with Crippen molar-refractivity contribution in [2.45, 2.75) is 51.4 Å². The fourth-order valence-electron chi connectivity index (χ4n) is 2.48. The Morgan fingerprint density at radius 1 is 1.38 bits per heavy atom. The van der Waals surface area contributed by atoms with Gasteiger partial charge in [-0.25, -0.2) is 4.79 Å². The monoisotopic (exact) mass is 302 g/mol. The standard InChI is InChI=1S/C14H26N2O5/c1-10(17)7-15(5)14(6-11(18)19)8-16(9-14)12(20)21-13(2,3)4/h10,17H,6-9H2,1-5H3,(H,18,19). The quantitative estimate of drug-likeness (QED) is 0.779. The van der Waals surface area contributed by atoms with E-state index in [0.29, 0.717) is 6.54 Å². The van der Waals surface area contributed by atoms with Crippen LogP contribution in [0.25, 0.3) is 0 Å². The smallest absolute Gasteiger partial charge is 0.410 e. The number of ether oxygens (including phenoxy) is 1. The molecule has 0 aromatic rings. The van der Waals surface area contributed by atoms with Crippen LogP contribution in [0.1, 0.15) is 34.1 Å². The van der Waals surface area contributed by atoms with E-state index in [9.17, 15) is 14.7 Å². The number of likely N-dealkylation sites (tertiary alicyclic amines) is 1. The summed E-state index contributed by atoms with van der Waals surface area (Å²) in [5, 5.41) is 18.6. The van der Waals surface area contributed by atoms with Gasteiger partial charge in [0.05, 0.1) is 18.1 Å². The Labute approximate surface area is 125 Å². The van der Waals surface area contributed by atoms with Gasteiger partial charge in [0.25, 0.3) is 0 Å². The van der Waals surface area contributed by atoms with Gasteiger partial charge < -0.3 is 19.8 Å². The molecule has 1 fully saturated rings. The Balaban J connectivity index is 2.70. The van der Waals surface area contributed by atoms with Gasteiger partial charge in [-0.05, 0) is 34.7 Å². The van der Waals surface area contributed by atoms with Crippen LogP contribution >= 0.6 is 0 Å². The Morgan fingerprint density at radius 3 is 2.29 bits per heavy atom. The maximum absolute atomic E-state index is 11.9. The van der Waals surface area contributed by atoms with E-state index >= 15 is 0 Å². The molecule has 1 aliphatic heterocycles. The number of β-amino-alcohol motifs (C(OH)–C–C–N with tert-alkyl or cyclic N) is 1. The van der Waals surface area contributed by atoms with Crippen molar-refractivity contribution in [2.75, 3.05) is 26.7 Å². The number of carboxylic acids is 1. The maximum atomic E-state index is 11.9. The molecular formula is C14H26N2O5. The zero-order valence-corrected chi connectivity index (χ0v) is 13.4. The van der Waals surface area contributed by atoms with Crippen molar-refractivity contribution in [3.63, 3.8) is 0 Å². The Bertz CT molecular complexity index is 397. The van der Waals surface area contributed by atoms with Gasteiger partial charge in [-0.15, -0.1) is 0 Å². The van der Waals surface area contributed by atoms with Gasteiger partial charge in [-0.2, -0.15) is 0 Å². The number of aliphatic hydroxyl groups is 1. The molecule has 0 aromatic heterocycles. The lowest BCUT2D eigenvalue weighted by atomic mass is 9.84. The SMILES string of the molecule is CC(O)CN(C)C1(CC(=O)O)CN(C(=O)OC(C)(C)C)C1. The molecule has 1 saturated heterocycles. The van der Waals surface area contributed by atoms with E-state index in [1.807, 2.05) is 4.90 Å². The first-order chi connectivity index (χ1) is 9.45. The van der Waals surface area contributed by atoms with E-state index in [0.717, 1.165) is 0 Å². The number of amides is 1. The molecule has 0 saturated carbocycles. The van der Waals surface area contributed by atoms with Gasteiger partial charge in [0.1, 0.15) is 5.60 Å². The van der Waals surface area contributed by atoms with Crippen LogP contribution in [0.2, 0.25) is 0 Å². The van der Waals surface area contributed by atoms with Crippen molar-refractivity contribution in [3.8, 4) is 0 Å². The predicted molar refractivity (Wildman–Crippen MR) is 77.1 cm³/mol. The number of hydrogen-bond acceptors (Lipinski definition) is 5. The summed E-state index contributed by atoms with van der Waals surface area (Å²) in [6, 6.07) is 0. The van der Waals surface area contributed by atoms with Crippen molar-refractivity contribution in [3.05, 3.63) is 0 Å². The summed E-state index contributed by atoms with van der Waals surface area (Å²) in [7, 11) is 1.77. The first-order valence-corrected chi connectivity index (χ1v) is 7.04. The predicted octanol–water partition coefficient (Wildman–Crippen LogP) is 0.763. The van der Waals surface area contributed by atoms with Crippen LogP contribution in [0.3, 0.4) is 0 Å². The van der Waals surface area contributed by atoms with Crippen molar-refractivity contribution in [1.29, 1.82) is 0 Å². The normalized spacial score (nSPS) is 19.1. The van der Waals surface area contributed by atoms with Crippen LogP contribution in [0, 0.1) is 0 Å². The lowest BCUT2D eigenvalue weighted by Crippen LogP contribution is -2.72. The summed E-state index contributed by atoms with van der Waals surface area (Å²) in [4.78, 5) is 26.3. The van der Waals surface area contributed by atoms with Crippen molar-refractivity contribution in [1.82, 2.24) is 9.80 Å². The first-order valence-electron chi connectivity index (χ1n) is 7.04. The topological polar surface area (TPSA) is 90.3 Å². The highest BCUT2D eigenvalue weighted by Gasteiger charge is 2.50. The lowest BCUT2D eigenvalue weighted by Gasteiger charge is -2.54. The number of rotatable bonds is 5. The van der Waals surface area contributed by atoms with Gasteiger partial charge in [-0.3, -0.25) is 9.69 Å². The second-order valence-electron chi connectivity index (χ2n) is 6.86. The summed E-state index contributed by atoms with van der Waals surface area (Å²) >= 11 is 0. The molecule has 1 rings (SSSR count). The van der Waals surface area contributed by atoms with E-state index in [1.165, 1.54) is 4.90 Å². The highest BCUT2D eigenvalue weighted by molar-refractivity contribution is 5.73. The molecule has 0 radical (unpaired) electrons. The molecule has 1 unspecified atom stereocenters. The minimum absolute atomic E-state index is 0.0739. The van der Waals surface area contributed by atoms with E-state index in [2.05, 4.69) is 0 Å².